The summed E-state index contributed by atoms with van der Waals surface area (Å²) in [6.45, 7) is 1.56. The number of nitrogens with one attached hydrogen (secondary N) is 1. The van der Waals surface area contributed by atoms with E-state index in [4.69, 9.17) is 4.74 Å². The molecular weight excluding hydrogens is 250 g/mol. The number of methoxy groups -OCH3 is 2. The van der Waals surface area contributed by atoms with Crippen molar-refractivity contribution in [3.05, 3.63) is 24.3 Å². The van der Waals surface area contributed by atoms with Gasteiger partial charge in [-0.05, 0) is 31.2 Å². The summed E-state index contributed by atoms with van der Waals surface area (Å²) in [6.07, 6.45) is 0. The van der Waals surface area contributed by atoms with Crippen LogP contribution in [0.2, 0.25) is 0 Å². The number of carbonyl (C=O) groups is 2. The Labute approximate surface area is 111 Å². The molecule has 0 aliphatic carbocycles. The number of carbonyl (C=O) groups excluding carboxylic acids is 2. The molecule has 0 amide bonds. The Morgan fingerprint density at radius 3 is 2.32 bits per heavy atom. The van der Waals surface area contributed by atoms with Crippen molar-refractivity contribution in [1.82, 2.24) is 0 Å². The van der Waals surface area contributed by atoms with E-state index in [9.17, 15) is 9.59 Å². The lowest BCUT2D eigenvalue weighted by Gasteiger charge is -2.13. The van der Waals surface area contributed by atoms with Crippen LogP contribution in [-0.4, -0.2) is 38.8 Å². The highest BCUT2D eigenvalue weighted by Gasteiger charge is 2.12. The average Bonchev–Trinajstić information content (AvgIpc) is 2.45. The van der Waals surface area contributed by atoms with Crippen LogP contribution >= 0.6 is 0 Å². The van der Waals surface area contributed by atoms with Crippen molar-refractivity contribution in [2.75, 3.05) is 26.1 Å². The van der Waals surface area contributed by atoms with Gasteiger partial charge in [0, 0.05) is 5.69 Å². The van der Waals surface area contributed by atoms with Gasteiger partial charge in [0.25, 0.3) is 0 Å². The van der Waals surface area contributed by atoms with Gasteiger partial charge in [-0.1, -0.05) is 0 Å². The molecule has 19 heavy (non-hydrogen) atoms. The van der Waals surface area contributed by atoms with Crippen LogP contribution in [0.3, 0.4) is 0 Å². The fraction of sp³-hybridized carbons (Fsp3) is 0.385. The molecule has 0 heterocycles. The predicted molar refractivity (Wildman–Crippen MR) is 69.1 cm³/mol. The normalized spacial score (nSPS) is 11.3. The van der Waals surface area contributed by atoms with Gasteiger partial charge in [-0.15, -0.1) is 0 Å². The van der Waals surface area contributed by atoms with Gasteiger partial charge in [0.15, 0.2) is 6.61 Å². The third-order valence-corrected chi connectivity index (χ3v) is 2.38. The second kappa shape index (κ2) is 7.25. The second-order valence-electron chi connectivity index (χ2n) is 3.78. The first-order chi connectivity index (χ1) is 9.06. The average molecular weight is 267 g/mol. The van der Waals surface area contributed by atoms with Gasteiger partial charge in [0.1, 0.15) is 11.8 Å². The molecule has 0 saturated carbocycles. The highest BCUT2D eigenvalue weighted by Crippen LogP contribution is 2.16. The monoisotopic (exact) mass is 267 g/mol. The second-order valence-corrected chi connectivity index (χ2v) is 3.78. The highest BCUT2D eigenvalue weighted by atomic mass is 16.6. The van der Waals surface area contributed by atoms with E-state index >= 15 is 0 Å². The Morgan fingerprint density at radius 2 is 1.79 bits per heavy atom. The quantitative estimate of drug-likeness (QED) is 0.781. The largest absolute Gasteiger partial charge is 0.482 e. The number of benzene rings is 1. The molecule has 1 rings (SSSR count). The standard InChI is InChI=1S/C13H17NO5/c1-9(13(16)18-3)14-10-4-6-11(7-5-10)19-8-12(15)17-2/h4-7,9,14H,8H2,1-3H3. The molecule has 6 nitrogen and oxygen atoms in total. The zero-order valence-corrected chi connectivity index (χ0v) is 11.1. The Kier molecular flexibility index (Phi) is 5.66. The summed E-state index contributed by atoms with van der Waals surface area (Å²) in [6, 6.07) is 6.43. The molecule has 0 radical (unpaired) electrons. The Bertz CT molecular complexity index is 429. The van der Waals surface area contributed by atoms with E-state index in [0.29, 0.717) is 5.75 Å². The van der Waals surface area contributed by atoms with E-state index in [1.807, 2.05) is 0 Å². The molecule has 1 unspecified atom stereocenters. The van der Waals surface area contributed by atoms with Gasteiger partial charge in [0.2, 0.25) is 0 Å². The van der Waals surface area contributed by atoms with Crippen molar-refractivity contribution < 1.29 is 23.8 Å². The van der Waals surface area contributed by atoms with Crippen LogP contribution in [0.25, 0.3) is 0 Å². The van der Waals surface area contributed by atoms with Crippen LogP contribution in [0.15, 0.2) is 24.3 Å². The topological polar surface area (TPSA) is 73.9 Å². The highest BCUT2D eigenvalue weighted by molar-refractivity contribution is 5.78. The van der Waals surface area contributed by atoms with E-state index in [1.165, 1.54) is 14.2 Å². The Morgan fingerprint density at radius 1 is 1.16 bits per heavy atom. The Hall–Kier alpha value is -2.24. The number of esters is 2. The lowest BCUT2D eigenvalue weighted by atomic mass is 10.2. The van der Waals surface area contributed by atoms with Crippen molar-refractivity contribution in [2.45, 2.75) is 13.0 Å². The molecule has 0 bridgehead atoms. The number of anilines is 1. The number of ether oxygens (including phenoxy) is 3. The maximum atomic E-state index is 11.2. The first-order valence-electron chi connectivity index (χ1n) is 5.71. The summed E-state index contributed by atoms with van der Waals surface area (Å²) >= 11 is 0. The minimum absolute atomic E-state index is 0.137. The Balaban J connectivity index is 2.52. The van der Waals surface area contributed by atoms with Crippen molar-refractivity contribution in [3.8, 4) is 5.75 Å². The van der Waals surface area contributed by atoms with Gasteiger partial charge in [-0.2, -0.15) is 0 Å². The van der Waals surface area contributed by atoms with Gasteiger partial charge < -0.3 is 19.5 Å². The fourth-order valence-corrected chi connectivity index (χ4v) is 1.33. The van der Waals surface area contributed by atoms with Crippen LogP contribution in [0.1, 0.15) is 6.92 Å². The molecule has 0 spiro atoms. The van der Waals surface area contributed by atoms with Gasteiger partial charge in [-0.25, -0.2) is 9.59 Å². The molecule has 0 saturated heterocycles. The minimum Gasteiger partial charge on any atom is -0.482 e. The molecule has 1 N–H and O–H groups in total. The minimum atomic E-state index is -0.443. The first kappa shape index (κ1) is 14.8. The summed E-state index contributed by atoms with van der Waals surface area (Å²) in [5, 5.41) is 2.97. The van der Waals surface area contributed by atoms with Crippen molar-refractivity contribution in [1.29, 1.82) is 0 Å². The van der Waals surface area contributed by atoms with Crippen LogP contribution in [0, 0.1) is 0 Å². The third-order valence-electron chi connectivity index (χ3n) is 2.38. The van der Waals surface area contributed by atoms with Gasteiger partial charge in [0.05, 0.1) is 14.2 Å². The van der Waals surface area contributed by atoms with Crippen molar-refractivity contribution in [2.24, 2.45) is 0 Å². The molecule has 1 aromatic carbocycles. The molecule has 6 heteroatoms. The lowest BCUT2D eigenvalue weighted by molar-refractivity contribution is -0.143. The SMILES string of the molecule is COC(=O)COc1ccc(NC(C)C(=O)OC)cc1. The first-order valence-corrected chi connectivity index (χ1v) is 5.71. The van der Waals surface area contributed by atoms with Crippen LogP contribution in [0.5, 0.6) is 5.75 Å². The maximum absolute atomic E-state index is 11.2. The van der Waals surface area contributed by atoms with Crippen LogP contribution in [0.4, 0.5) is 5.69 Å². The molecule has 1 atom stereocenters. The van der Waals surface area contributed by atoms with Crippen LogP contribution < -0.4 is 10.1 Å². The number of hydrogen-bond acceptors (Lipinski definition) is 6. The van der Waals surface area contributed by atoms with E-state index in [-0.39, 0.29) is 12.6 Å². The summed E-state index contributed by atoms with van der Waals surface area (Å²) < 4.78 is 14.3. The summed E-state index contributed by atoms with van der Waals surface area (Å²) in [7, 11) is 2.64. The third kappa shape index (κ3) is 4.87. The molecule has 0 fully saturated rings. The van der Waals surface area contributed by atoms with Gasteiger partial charge in [-0.3, -0.25) is 0 Å². The predicted octanol–water partition coefficient (Wildman–Crippen LogP) is 1.21. The molecule has 0 aromatic heterocycles. The zero-order valence-electron chi connectivity index (χ0n) is 11.1. The summed E-state index contributed by atoms with van der Waals surface area (Å²) in [5.74, 6) is -0.241. The molecular formula is C13H17NO5. The van der Waals surface area contributed by atoms with E-state index < -0.39 is 12.0 Å². The van der Waals surface area contributed by atoms with Crippen molar-refractivity contribution >= 4 is 17.6 Å². The van der Waals surface area contributed by atoms with Crippen LogP contribution in [-0.2, 0) is 19.1 Å². The number of hydrogen-bond donors (Lipinski definition) is 1. The fourth-order valence-electron chi connectivity index (χ4n) is 1.33. The molecule has 0 aliphatic heterocycles. The molecule has 104 valence electrons. The number of rotatable bonds is 6. The smallest absolute Gasteiger partial charge is 0.343 e. The molecule has 0 aliphatic rings. The summed E-state index contributed by atoms with van der Waals surface area (Å²) in [4.78, 5) is 22.1. The zero-order chi connectivity index (χ0) is 14.3. The van der Waals surface area contributed by atoms with E-state index in [1.54, 1.807) is 31.2 Å². The molecule has 1 aromatic rings. The summed E-state index contributed by atoms with van der Waals surface area (Å²) in [5.41, 5.74) is 0.753. The maximum Gasteiger partial charge on any atom is 0.343 e. The lowest BCUT2D eigenvalue weighted by Crippen LogP contribution is -2.27. The van der Waals surface area contributed by atoms with E-state index in [0.717, 1.165) is 5.69 Å². The van der Waals surface area contributed by atoms with Crippen molar-refractivity contribution in [3.63, 3.8) is 0 Å². The van der Waals surface area contributed by atoms with Gasteiger partial charge >= 0.3 is 11.9 Å². The van der Waals surface area contributed by atoms with E-state index in [2.05, 4.69) is 14.8 Å².